The quantitative estimate of drug-likeness (QED) is 0.785. The van der Waals surface area contributed by atoms with Gasteiger partial charge in [-0.15, -0.1) is 0 Å². The van der Waals surface area contributed by atoms with Crippen molar-refractivity contribution in [1.29, 1.82) is 0 Å². The number of hydrogen-bond acceptors (Lipinski definition) is 4. The lowest BCUT2D eigenvalue weighted by Crippen LogP contribution is -2.40. The number of rotatable bonds is 6. The number of halogens is 1. The standard InChI is InChI=1S/C17H22FN5O2/c1-11(2)4-5-12(3)21-16(24)17(25)22-13-6-7-15(14(18)8-13)23-10-19-9-20-23/h6-12H,4-5H2,1-3H3,(H,21,24)(H,22,25)/t12-/m1/s1. The third kappa shape index (κ3) is 5.37. The summed E-state index contributed by atoms with van der Waals surface area (Å²) in [6, 6.07) is 3.97. The fraction of sp³-hybridized carbons (Fsp3) is 0.412. The summed E-state index contributed by atoms with van der Waals surface area (Å²) in [4.78, 5) is 27.6. The zero-order valence-corrected chi connectivity index (χ0v) is 14.5. The highest BCUT2D eigenvalue weighted by Crippen LogP contribution is 2.17. The fourth-order valence-electron chi connectivity index (χ4n) is 2.24. The Morgan fingerprint density at radius 1 is 1.20 bits per heavy atom. The average Bonchev–Trinajstić information content (AvgIpc) is 3.07. The molecular formula is C17H22FN5O2. The van der Waals surface area contributed by atoms with E-state index in [0.29, 0.717) is 5.92 Å². The van der Waals surface area contributed by atoms with Gasteiger partial charge in [0.15, 0.2) is 5.82 Å². The lowest BCUT2D eigenvalue weighted by molar-refractivity contribution is -0.136. The molecule has 1 aromatic carbocycles. The molecule has 0 spiro atoms. The molecule has 0 aliphatic heterocycles. The van der Waals surface area contributed by atoms with Crippen LogP contribution in [0.3, 0.4) is 0 Å². The maximum Gasteiger partial charge on any atom is 0.313 e. The summed E-state index contributed by atoms with van der Waals surface area (Å²) in [5.74, 6) is -1.63. The van der Waals surface area contributed by atoms with Gasteiger partial charge in [0, 0.05) is 11.7 Å². The molecule has 0 bridgehead atoms. The monoisotopic (exact) mass is 347 g/mol. The van der Waals surface area contributed by atoms with Gasteiger partial charge in [0.05, 0.1) is 0 Å². The van der Waals surface area contributed by atoms with E-state index < -0.39 is 17.6 Å². The topological polar surface area (TPSA) is 88.9 Å². The number of carbonyl (C=O) groups is 2. The molecule has 1 aromatic heterocycles. The van der Waals surface area contributed by atoms with Gasteiger partial charge < -0.3 is 10.6 Å². The number of aromatic nitrogens is 3. The Labute approximate surface area is 145 Å². The van der Waals surface area contributed by atoms with Gasteiger partial charge >= 0.3 is 11.8 Å². The van der Waals surface area contributed by atoms with Crippen LogP contribution in [0, 0.1) is 11.7 Å². The van der Waals surface area contributed by atoms with Crippen molar-refractivity contribution in [3.05, 3.63) is 36.7 Å². The van der Waals surface area contributed by atoms with Crippen molar-refractivity contribution in [1.82, 2.24) is 20.1 Å². The van der Waals surface area contributed by atoms with Crippen molar-refractivity contribution in [3.63, 3.8) is 0 Å². The van der Waals surface area contributed by atoms with Crippen molar-refractivity contribution in [2.75, 3.05) is 5.32 Å². The first kappa shape index (κ1) is 18.6. The van der Waals surface area contributed by atoms with E-state index in [1.165, 1.54) is 29.5 Å². The molecule has 0 saturated carbocycles. The molecule has 2 rings (SSSR count). The lowest BCUT2D eigenvalue weighted by atomic mass is 10.0. The Hall–Kier alpha value is -2.77. The summed E-state index contributed by atoms with van der Waals surface area (Å²) in [7, 11) is 0. The van der Waals surface area contributed by atoms with Crippen molar-refractivity contribution in [3.8, 4) is 5.69 Å². The van der Waals surface area contributed by atoms with E-state index in [1.807, 2.05) is 6.92 Å². The van der Waals surface area contributed by atoms with E-state index in [9.17, 15) is 14.0 Å². The minimum Gasteiger partial charge on any atom is -0.345 e. The molecule has 0 radical (unpaired) electrons. The highest BCUT2D eigenvalue weighted by molar-refractivity contribution is 6.39. The van der Waals surface area contributed by atoms with E-state index >= 15 is 0 Å². The minimum absolute atomic E-state index is 0.105. The highest BCUT2D eigenvalue weighted by atomic mass is 19.1. The number of hydrogen-bond donors (Lipinski definition) is 2. The maximum absolute atomic E-state index is 14.1. The Bertz CT molecular complexity index is 731. The number of nitrogens with one attached hydrogen (secondary N) is 2. The molecule has 2 amide bonds. The predicted octanol–water partition coefficient (Wildman–Crippen LogP) is 2.29. The molecule has 134 valence electrons. The van der Waals surface area contributed by atoms with E-state index in [-0.39, 0.29) is 17.4 Å². The van der Waals surface area contributed by atoms with Gasteiger partial charge in [-0.1, -0.05) is 13.8 Å². The predicted molar refractivity (Wildman–Crippen MR) is 91.6 cm³/mol. The molecule has 0 fully saturated rings. The van der Waals surface area contributed by atoms with Crippen LogP contribution in [0.4, 0.5) is 10.1 Å². The van der Waals surface area contributed by atoms with Crippen LogP contribution in [0.2, 0.25) is 0 Å². The van der Waals surface area contributed by atoms with Crippen LogP contribution < -0.4 is 10.6 Å². The highest BCUT2D eigenvalue weighted by Gasteiger charge is 2.17. The first-order valence-corrected chi connectivity index (χ1v) is 8.13. The Morgan fingerprint density at radius 3 is 2.56 bits per heavy atom. The normalized spacial score (nSPS) is 12.0. The van der Waals surface area contributed by atoms with Crippen LogP contribution in [0.5, 0.6) is 0 Å². The lowest BCUT2D eigenvalue weighted by Gasteiger charge is -2.15. The molecule has 0 saturated heterocycles. The van der Waals surface area contributed by atoms with Gasteiger partial charge in [-0.25, -0.2) is 14.1 Å². The molecule has 2 aromatic rings. The van der Waals surface area contributed by atoms with Crippen molar-refractivity contribution < 1.29 is 14.0 Å². The second-order valence-electron chi connectivity index (χ2n) is 6.31. The van der Waals surface area contributed by atoms with E-state index in [4.69, 9.17) is 0 Å². The summed E-state index contributed by atoms with van der Waals surface area (Å²) >= 11 is 0. The molecular weight excluding hydrogens is 325 g/mol. The van der Waals surface area contributed by atoms with Crippen LogP contribution in [-0.4, -0.2) is 32.6 Å². The average molecular weight is 347 g/mol. The van der Waals surface area contributed by atoms with Gasteiger partial charge in [-0.3, -0.25) is 9.59 Å². The summed E-state index contributed by atoms with van der Waals surface area (Å²) < 4.78 is 15.4. The summed E-state index contributed by atoms with van der Waals surface area (Å²) in [6.45, 7) is 6.04. The van der Waals surface area contributed by atoms with E-state index in [1.54, 1.807) is 0 Å². The van der Waals surface area contributed by atoms with Gasteiger partial charge in [0.25, 0.3) is 0 Å². The molecule has 1 atom stereocenters. The second kappa shape index (κ2) is 8.36. The SMILES string of the molecule is CC(C)CC[C@@H](C)NC(=O)C(=O)Nc1ccc(-n2cncn2)c(F)c1. The first-order valence-electron chi connectivity index (χ1n) is 8.13. The molecule has 0 aliphatic carbocycles. The van der Waals surface area contributed by atoms with Gasteiger partial charge in [-0.2, -0.15) is 5.10 Å². The third-order valence-corrected chi connectivity index (χ3v) is 3.63. The van der Waals surface area contributed by atoms with E-state index in [0.717, 1.165) is 18.9 Å². The van der Waals surface area contributed by atoms with Crippen LogP contribution in [0.25, 0.3) is 5.69 Å². The molecule has 8 heteroatoms. The number of nitrogens with zero attached hydrogens (tertiary/aromatic N) is 3. The van der Waals surface area contributed by atoms with Gasteiger partial charge in [0.1, 0.15) is 18.3 Å². The number of benzene rings is 1. The Morgan fingerprint density at radius 2 is 1.96 bits per heavy atom. The smallest absolute Gasteiger partial charge is 0.313 e. The van der Waals surface area contributed by atoms with Gasteiger partial charge in [-0.05, 0) is 43.9 Å². The van der Waals surface area contributed by atoms with Crippen molar-refractivity contribution in [2.24, 2.45) is 5.92 Å². The number of carbonyl (C=O) groups excluding carboxylic acids is 2. The first-order chi connectivity index (χ1) is 11.9. The molecule has 0 aliphatic rings. The molecule has 2 N–H and O–H groups in total. The Balaban J connectivity index is 1.94. The van der Waals surface area contributed by atoms with Gasteiger partial charge in [0.2, 0.25) is 0 Å². The third-order valence-electron chi connectivity index (χ3n) is 3.63. The zero-order chi connectivity index (χ0) is 18.4. The van der Waals surface area contributed by atoms with Crippen LogP contribution >= 0.6 is 0 Å². The number of anilines is 1. The van der Waals surface area contributed by atoms with Crippen molar-refractivity contribution >= 4 is 17.5 Å². The molecule has 0 unspecified atom stereocenters. The Kier molecular flexibility index (Phi) is 6.21. The van der Waals surface area contributed by atoms with Crippen LogP contribution in [-0.2, 0) is 9.59 Å². The summed E-state index contributed by atoms with van der Waals surface area (Å²) in [5.41, 5.74) is 0.388. The van der Waals surface area contributed by atoms with Crippen molar-refractivity contribution in [2.45, 2.75) is 39.7 Å². The van der Waals surface area contributed by atoms with Crippen LogP contribution in [0.1, 0.15) is 33.6 Å². The largest absolute Gasteiger partial charge is 0.345 e. The summed E-state index contributed by atoms with van der Waals surface area (Å²) in [6.07, 6.45) is 4.40. The maximum atomic E-state index is 14.1. The van der Waals surface area contributed by atoms with E-state index in [2.05, 4.69) is 34.6 Å². The molecule has 1 heterocycles. The molecule has 7 nitrogen and oxygen atoms in total. The zero-order valence-electron chi connectivity index (χ0n) is 14.5. The minimum atomic E-state index is -0.829. The summed E-state index contributed by atoms with van der Waals surface area (Å²) in [5, 5.41) is 8.87. The number of amides is 2. The molecule has 25 heavy (non-hydrogen) atoms. The fourth-order valence-corrected chi connectivity index (χ4v) is 2.24. The van der Waals surface area contributed by atoms with Crippen LogP contribution in [0.15, 0.2) is 30.9 Å². The second-order valence-corrected chi connectivity index (χ2v) is 6.31.